The predicted molar refractivity (Wildman–Crippen MR) is 103 cm³/mol. The zero-order valence-corrected chi connectivity index (χ0v) is 15.5. The zero-order valence-electron chi connectivity index (χ0n) is 15.5. The van der Waals surface area contributed by atoms with Crippen molar-refractivity contribution in [3.63, 3.8) is 0 Å². The van der Waals surface area contributed by atoms with Gasteiger partial charge in [-0.2, -0.15) is 0 Å². The van der Waals surface area contributed by atoms with Crippen molar-refractivity contribution in [3.05, 3.63) is 72.2 Å². The molecular weight excluding hydrogens is 338 g/mol. The molecule has 0 aliphatic carbocycles. The summed E-state index contributed by atoms with van der Waals surface area (Å²) >= 11 is 0. The summed E-state index contributed by atoms with van der Waals surface area (Å²) in [5, 5.41) is 0. The van der Waals surface area contributed by atoms with E-state index in [0.717, 1.165) is 48.8 Å². The van der Waals surface area contributed by atoms with Crippen molar-refractivity contribution in [2.75, 3.05) is 13.1 Å². The van der Waals surface area contributed by atoms with Gasteiger partial charge in [-0.25, -0.2) is 9.97 Å². The van der Waals surface area contributed by atoms with Crippen molar-refractivity contribution in [3.8, 4) is 5.82 Å². The lowest BCUT2D eigenvalue weighted by Gasteiger charge is -2.32. The monoisotopic (exact) mass is 361 g/mol. The summed E-state index contributed by atoms with van der Waals surface area (Å²) in [4.78, 5) is 28.0. The summed E-state index contributed by atoms with van der Waals surface area (Å²) in [6, 6.07) is 9.93. The number of nitrogens with zero attached hydrogens (tertiary/aromatic N) is 5. The van der Waals surface area contributed by atoms with Crippen LogP contribution in [0, 0.1) is 6.92 Å². The minimum absolute atomic E-state index is 0.199. The fraction of sp³-hybridized carbons (Fsp3) is 0.333. The van der Waals surface area contributed by atoms with Crippen LogP contribution in [0.4, 0.5) is 0 Å². The smallest absolute Gasteiger partial charge is 0.226 e. The molecule has 0 bridgehead atoms. The van der Waals surface area contributed by atoms with Crippen molar-refractivity contribution >= 4 is 5.91 Å². The molecule has 1 amide bonds. The molecule has 4 rings (SSSR count). The lowest BCUT2D eigenvalue weighted by Crippen LogP contribution is -2.39. The number of imidazole rings is 1. The van der Waals surface area contributed by atoms with Crippen molar-refractivity contribution in [2.45, 2.75) is 32.1 Å². The SMILES string of the molecule is Cc1nccn1-c1nccnc1C1CCN(C(=O)Cc2ccccc2)CC1. The maximum Gasteiger partial charge on any atom is 0.226 e. The molecule has 0 spiro atoms. The molecule has 3 heterocycles. The summed E-state index contributed by atoms with van der Waals surface area (Å²) in [5.74, 6) is 2.24. The first-order valence-electron chi connectivity index (χ1n) is 9.35. The Morgan fingerprint density at radius 1 is 1.04 bits per heavy atom. The standard InChI is InChI=1S/C21H23N5O/c1-16-22-11-14-26(16)21-20(23-9-10-24-21)18-7-12-25(13-8-18)19(27)15-17-5-3-2-4-6-17/h2-6,9-11,14,18H,7-8,12-13,15H2,1H3. The molecule has 27 heavy (non-hydrogen) atoms. The number of hydrogen-bond donors (Lipinski definition) is 0. The molecule has 6 heteroatoms. The Hall–Kier alpha value is -3.02. The van der Waals surface area contributed by atoms with E-state index in [1.807, 2.05) is 52.9 Å². The molecule has 0 radical (unpaired) electrons. The average Bonchev–Trinajstić information content (AvgIpc) is 3.14. The fourth-order valence-corrected chi connectivity index (χ4v) is 3.70. The molecule has 1 aliphatic rings. The van der Waals surface area contributed by atoms with Crippen LogP contribution < -0.4 is 0 Å². The van der Waals surface area contributed by atoms with Crippen LogP contribution in [0.15, 0.2) is 55.1 Å². The number of aromatic nitrogens is 4. The van der Waals surface area contributed by atoms with Gasteiger partial charge in [0.05, 0.1) is 12.1 Å². The summed E-state index contributed by atoms with van der Waals surface area (Å²) < 4.78 is 1.98. The molecule has 2 aromatic heterocycles. The number of piperidine rings is 1. The highest BCUT2D eigenvalue weighted by atomic mass is 16.2. The van der Waals surface area contributed by atoms with Crippen LogP contribution in [0.5, 0.6) is 0 Å². The molecule has 138 valence electrons. The minimum Gasteiger partial charge on any atom is -0.342 e. The first-order chi connectivity index (χ1) is 13.2. The van der Waals surface area contributed by atoms with Crippen molar-refractivity contribution in [1.82, 2.24) is 24.4 Å². The Balaban J connectivity index is 1.44. The van der Waals surface area contributed by atoms with E-state index >= 15 is 0 Å². The van der Waals surface area contributed by atoms with Crippen molar-refractivity contribution in [1.29, 1.82) is 0 Å². The Bertz CT molecular complexity index is 913. The third-order valence-corrected chi connectivity index (χ3v) is 5.19. The van der Waals surface area contributed by atoms with E-state index in [1.165, 1.54) is 0 Å². The first-order valence-corrected chi connectivity index (χ1v) is 9.35. The average molecular weight is 361 g/mol. The number of benzene rings is 1. The molecule has 3 aromatic rings. The Morgan fingerprint density at radius 3 is 2.48 bits per heavy atom. The molecule has 0 saturated carbocycles. The summed E-state index contributed by atoms with van der Waals surface area (Å²) in [6.07, 6.45) is 9.44. The van der Waals surface area contributed by atoms with Gasteiger partial charge in [-0.05, 0) is 25.3 Å². The van der Waals surface area contributed by atoms with Crippen LogP contribution in [-0.4, -0.2) is 43.4 Å². The van der Waals surface area contributed by atoms with Gasteiger partial charge in [-0.3, -0.25) is 14.3 Å². The predicted octanol–water partition coefficient (Wildman–Crippen LogP) is 2.92. The second-order valence-electron chi connectivity index (χ2n) is 6.93. The summed E-state index contributed by atoms with van der Waals surface area (Å²) in [6.45, 7) is 3.48. The van der Waals surface area contributed by atoms with Crippen LogP contribution >= 0.6 is 0 Å². The lowest BCUT2D eigenvalue weighted by atomic mass is 9.92. The number of amides is 1. The van der Waals surface area contributed by atoms with Crippen LogP contribution in [-0.2, 0) is 11.2 Å². The molecule has 1 saturated heterocycles. The van der Waals surface area contributed by atoms with E-state index in [9.17, 15) is 4.79 Å². The maximum atomic E-state index is 12.6. The number of carbonyl (C=O) groups is 1. The lowest BCUT2D eigenvalue weighted by molar-refractivity contribution is -0.131. The van der Waals surface area contributed by atoms with Gasteiger partial charge in [-0.1, -0.05) is 30.3 Å². The van der Waals surface area contributed by atoms with Gasteiger partial charge in [0.2, 0.25) is 5.91 Å². The molecule has 1 fully saturated rings. The number of rotatable bonds is 4. The first kappa shape index (κ1) is 17.4. The van der Waals surface area contributed by atoms with Gasteiger partial charge >= 0.3 is 0 Å². The van der Waals surface area contributed by atoms with Gasteiger partial charge in [-0.15, -0.1) is 0 Å². The highest BCUT2D eigenvalue weighted by molar-refractivity contribution is 5.78. The van der Waals surface area contributed by atoms with Crippen LogP contribution in [0.1, 0.15) is 35.8 Å². The summed E-state index contributed by atoms with van der Waals surface area (Å²) in [7, 11) is 0. The number of carbonyl (C=O) groups excluding carboxylic acids is 1. The van der Waals surface area contributed by atoms with Crippen LogP contribution in [0.2, 0.25) is 0 Å². The maximum absolute atomic E-state index is 12.6. The topological polar surface area (TPSA) is 63.9 Å². The van der Waals surface area contributed by atoms with Gasteiger partial charge < -0.3 is 4.90 Å². The van der Waals surface area contributed by atoms with Crippen LogP contribution in [0.25, 0.3) is 5.82 Å². The quantitative estimate of drug-likeness (QED) is 0.717. The molecule has 0 N–H and O–H groups in total. The highest BCUT2D eigenvalue weighted by Crippen LogP contribution is 2.30. The van der Waals surface area contributed by atoms with Gasteiger partial charge in [0, 0.05) is 43.8 Å². The van der Waals surface area contributed by atoms with Crippen molar-refractivity contribution in [2.24, 2.45) is 0 Å². The third-order valence-electron chi connectivity index (χ3n) is 5.19. The molecular formula is C21H23N5O. The highest BCUT2D eigenvalue weighted by Gasteiger charge is 2.27. The van der Waals surface area contributed by atoms with Gasteiger partial charge in [0.1, 0.15) is 5.82 Å². The third kappa shape index (κ3) is 3.74. The fourth-order valence-electron chi connectivity index (χ4n) is 3.70. The molecule has 6 nitrogen and oxygen atoms in total. The second kappa shape index (κ2) is 7.70. The van der Waals surface area contributed by atoms with E-state index in [4.69, 9.17) is 0 Å². The number of likely N-dealkylation sites (tertiary alicyclic amines) is 1. The molecule has 1 aliphatic heterocycles. The van der Waals surface area contributed by atoms with E-state index in [2.05, 4.69) is 15.0 Å². The normalized spacial score (nSPS) is 15.1. The minimum atomic E-state index is 0.199. The van der Waals surface area contributed by atoms with Crippen LogP contribution in [0.3, 0.4) is 0 Å². The number of hydrogen-bond acceptors (Lipinski definition) is 4. The Kier molecular flexibility index (Phi) is 4.96. The largest absolute Gasteiger partial charge is 0.342 e. The number of aryl methyl sites for hydroxylation is 1. The molecule has 0 atom stereocenters. The zero-order chi connectivity index (χ0) is 18.6. The van der Waals surface area contributed by atoms with E-state index in [-0.39, 0.29) is 5.91 Å². The molecule has 1 aromatic carbocycles. The van der Waals surface area contributed by atoms with Crippen molar-refractivity contribution < 1.29 is 4.79 Å². The van der Waals surface area contributed by atoms with E-state index < -0.39 is 0 Å². The van der Waals surface area contributed by atoms with Gasteiger partial charge in [0.25, 0.3) is 0 Å². The Morgan fingerprint density at radius 2 is 1.78 bits per heavy atom. The Labute approximate surface area is 158 Å². The summed E-state index contributed by atoms with van der Waals surface area (Å²) in [5.41, 5.74) is 2.06. The van der Waals surface area contributed by atoms with Gasteiger partial charge in [0.15, 0.2) is 5.82 Å². The second-order valence-corrected chi connectivity index (χ2v) is 6.93. The van der Waals surface area contributed by atoms with E-state index in [1.54, 1.807) is 18.6 Å². The van der Waals surface area contributed by atoms with E-state index in [0.29, 0.717) is 12.3 Å². The molecule has 0 unspecified atom stereocenters.